The molecule has 0 spiro atoms. The number of likely N-dealkylation sites (N-methyl/N-ethyl adjacent to an activating group) is 2. The first kappa shape index (κ1) is 42.1. The number of nitrogens with one attached hydrogen (secondary N) is 4. The van der Waals surface area contributed by atoms with Crippen molar-refractivity contribution in [2.45, 2.75) is 97.9 Å². The van der Waals surface area contributed by atoms with Crippen molar-refractivity contribution in [2.24, 2.45) is 23.3 Å². The Kier molecular flexibility index (Phi) is 19.8. The number of benzene rings is 1. The number of nitrogens with zero attached hydrogens (tertiary/aromatic N) is 2. The van der Waals surface area contributed by atoms with Crippen LogP contribution in [0.15, 0.2) is 24.3 Å². The highest BCUT2D eigenvalue weighted by molar-refractivity contribution is 5.98. The minimum absolute atomic E-state index is 0.0660. The van der Waals surface area contributed by atoms with E-state index in [-0.39, 0.29) is 37.8 Å². The molecule has 6 amide bonds. The smallest absolute Gasteiger partial charge is 0.409 e. The molecule has 1 unspecified atom stereocenters. The van der Waals surface area contributed by atoms with Crippen LogP contribution >= 0.6 is 0 Å². The number of hydrogen-bond donors (Lipinski definition) is 6. The average molecular weight is 677 g/mol. The molecule has 272 valence electrons. The molecule has 1 aromatic rings. The van der Waals surface area contributed by atoms with E-state index in [9.17, 15) is 24.0 Å². The quantitative estimate of drug-likeness (QED) is 0.101. The highest BCUT2D eigenvalue weighted by atomic mass is 16.6. The Bertz CT molecular complexity index is 1150. The first-order valence-corrected chi connectivity index (χ1v) is 17.0. The highest BCUT2D eigenvalue weighted by Gasteiger charge is 2.29. The molecule has 1 rings (SSSR count). The predicted octanol–water partition coefficient (Wildman–Crippen LogP) is 2.76. The molecule has 48 heavy (non-hydrogen) atoms. The molecule has 0 aromatic heterocycles. The second-order valence-electron chi connectivity index (χ2n) is 13.0. The molecule has 8 N–H and O–H groups in total. The minimum atomic E-state index is -0.950. The molecule has 0 aliphatic carbocycles. The Labute approximate surface area is 286 Å². The topological polar surface area (TPSA) is 201 Å². The van der Waals surface area contributed by atoms with E-state index in [1.807, 2.05) is 20.9 Å². The van der Waals surface area contributed by atoms with Crippen LogP contribution in [0.25, 0.3) is 0 Å². The zero-order valence-corrected chi connectivity index (χ0v) is 30.0. The third kappa shape index (κ3) is 16.8. The van der Waals surface area contributed by atoms with Crippen LogP contribution in [-0.4, -0.2) is 98.0 Å². The van der Waals surface area contributed by atoms with Gasteiger partial charge in [-0.15, -0.1) is 0 Å². The molecule has 0 heterocycles. The highest BCUT2D eigenvalue weighted by Crippen LogP contribution is 2.14. The largest absolute Gasteiger partial charge is 0.445 e. The summed E-state index contributed by atoms with van der Waals surface area (Å²) in [5.41, 5.74) is 11.9. The van der Waals surface area contributed by atoms with E-state index in [4.69, 9.17) is 16.2 Å². The lowest BCUT2D eigenvalue weighted by molar-refractivity contribution is -0.132. The zero-order valence-electron chi connectivity index (χ0n) is 30.0. The lowest BCUT2D eigenvalue weighted by Gasteiger charge is -2.29. The summed E-state index contributed by atoms with van der Waals surface area (Å²) in [6.07, 6.45) is 2.75. The Balaban J connectivity index is 2.81. The molecule has 0 saturated carbocycles. The summed E-state index contributed by atoms with van der Waals surface area (Å²) >= 11 is 0. The van der Waals surface area contributed by atoms with Crippen molar-refractivity contribution in [2.75, 3.05) is 45.6 Å². The first-order chi connectivity index (χ1) is 22.7. The molecule has 1 aromatic carbocycles. The number of rotatable bonds is 22. The Morgan fingerprint density at radius 1 is 0.833 bits per heavy atom. The number of anilines is 1. The normalized spacial score (nSPS) is 13.1. The third-order valence-corrected chi connectivity index (χ3v) is 8.32. The fourth-order valence-electron chi connectivity index (χ4n) is 4.72. The van der Waals surface area contributed by atoms with Gasteiger partial charge in [-0.2, -0.15) is 0 Å². The van der Waals surface area contributed by atoms with Crippen molar-refractivity contribution in [1.29, 1.82) is 0 Å². The third-order valence-electron chi connectivity index (χ3n) is 8.32. The Morgan fingerprint density at radius 2 is 1.50 bits per heavy atom. The zero-order chi connectivity index (χ0) is 36.2. The van der Waals surface area contributed by atoms with Crippen LogP contribution in [0, 0.1) is 11.8 Å². The van der Waals surface area contributed by atoms with Gasteiger partial charge in [0.15, 0.2) is 0 Å². The minimum Gasteiger partial charge on any atom is -0.445 e. The van der Waals surface area contributed by atoms with Crippen molar-refractivity contribution >= 4 is 35.5 Å². The summed E-state index contributed by atoms with van der Waals surface area (Å²) in [5.74, 6) is -0.904. The van der Waals surface area contributed by atoms with E-state index in [0.717, 1.165) is 24.9 Å². The van der Waals surface area contributed by atoms with Crippen molar-refractivity contribution < 1.29 is 28.7 Å². The van der Waals surface area contributed by atoms with Gasteiger partial charge in [0.2, 0.25) is 17.7 Å². The summed E-state index contributed by atoms with van der Waals surface area (Å²) in [6, 6.07) is 4.77. The van der Waals surface area contributed by atoms with Crippen molar-refractivity contribution in [3.63, 3.8) is 0 Å². The molecule has 0 radical (unpaired) electrons. The SMILES string of the molecule is CC(C)C(C)N(C)CCN(C)C(=O)OCc1ccc(NC(=O)[C@H](CCCNC(N)=O)NC(=O)[C@@H](NC(=O)CCCCCN)C(C)C)cc1. The van der Waals surface area contributed by atoms with Crippen LogP contribution in [0.1, 0.15) is 78.7 Å². The van der Waals surface area contributed by atoms with Gasteiger partial charge in [0.25, 0.3) is 0 Å². The number of carbonyl (C=O) groups is 5. The summed E-state index contributed by atoms with van der Waals surface area (Å²) in [4.78, 5) is 66.5. The molecule has 0 saturated heterocycles. The van der Waals surface area contributed by atoms with Gasteiger partial charge in [-0.05, 0) is 75.7 Å². The fraction of sp³-hybridized carbons (Fsp3) is 0.676. The van der Waals surface area contributed by atoms with Crippen LogP contribution in [0.2, 0.25) is 0 Å². The van der Waals surface area contributed by atoms with Crippen LogP contribution in [0.3, 0.4) is 0 Å². The number of urea groups is 1. The van der Waals surface area contributed by atoms with Crippen molar-refractivity contribution in [1.82, 2.24) is 25.8 Å². The lowest BCUT2D eigenvalue weighted by Crippen LogP contribution is -2.54. The van der Waals surface area contributed by atoms with E-state index >= 15 is 0 Å². The summed E-state index contributed by atoms with van der Waals surface area (Å²) in [7, 11) is 3.74. The standard InChI is InChI=1S/C34H60N8O6/c1-23(2)25(5)41(6)20-21-42(7)34(47)48-22-26-14-16-27(17-15-26)38-31(44)28(12-11-19-37-33(36)46)39-32(45)30(24(3)4)40-29(43)13-9-8-10-18-35/h14-17,23-25,28,30H,8-13,18-22,35H2,1-7H3,(H,38,44)(H,39,45)(H,40,43)(H3,36,37,46)/t25?,28-,30-/m0/s1. The number of nitrogens with two attached hydrogens (primary N) is 2. The van der Waals surface area contributed by atoms with Crippen molar-refractivity contribution in [3.05, 3.63) is 29.8 Å². The van der Waals surface area contributed by atoms with Crippen LogP contribution < -0.4 is 32.7 Å². The van der Waals surface area contributed by atoms with Crippen LogP contribution in [-0.2, 0) is 25.7 Å². The molecule has 0 fully saturated rings. The van der Waals surface area contributed by atoms with Crippen LogP contribution in [0.5, 0.6) is 0 Å². The average Bonchev–Trinajstić information content (AvgIpc) is 3.04. The van der Waals surface area contributed by atoms with E-state index in [1.165, 1.54) is 0 Å². The lowest BCUT2D eigenvalue weighted by atomic mass is 10.0. The summed E-state index contributed by atoms with van der Waals surface area (Å²) < 4.78 is 5.47. The molecule has 0 aliphatic heterocycles. The number of hydrogen-bond acceptors (Lipinski definition) is 8. The maximum Gasteiger partial charge on any atom is 0.409 e. The Hall–Kier alpha value is -3.91. The number of primary amides is 1. The number of amides is 6. The molecule has 0 bridgehead atoms. The van der Waals surface area contributed by atoms with Crippen LogP contribution in [0.4, 0.5) is 15.3 Å². The van der Waals surface area contributed by atoms with Gasteiger partial charge >= 0.3 is 12.1 Å². The molecule has 14 nitrogen and oxygen atoms in total. The summed E-state index contributed by atoms with van der Waals surface area (Å²) in [5, 5.41) is 10.9. The van der Waals surface area contributed by atoms with E-state index in [0.29, 0.717) is 43.6 Å². The van der Waals surface area contributed by atoms with Gasteiger partial charge in [-0.25, -0.2) is 9.59 Å². The van der Waals surface area contributed by atoms with Gasteiger partial charge in [0.05, 0.1) is 0 Å². The second-order valence-corrected chi connectivity index (χ2v) is 13.0. The first-order valence-electron chi connectivity index (χ1n) is 17.0. The maximum absolute atomic E-state index is 13.3. The molecule has 0 aliphatic rings. The van der Waals surface area contributed by atoms with E-state index in [2.05, 4.69) is 46.9 Å². The summed E-state index contributed by atoms with van der Waals surface area (Å²) in [6.45, 7) is 12.2. The predicted molar refractivity (Wildman–Crippen MR) is 188 cm³/mol. The Morgan fingerprint density at radius 3 is 2.08 bits per heavy atom. The van der Waals surface area contributed by atoms with Gasteiger partial charge < -0.3 is 47.3 Å². The number of unbranched alkanes of at least 4 members (excludes halogenated alkanes) is 2. The van der Waals surface area contributed by atoms with Gasteiger partial charge in [0, 0.05) is 44.8 Å². The monoisotopic (exact) mass is 676 g/mol. The van der Waals surface area contributed by atoms with Gasteiger partial charge in [-0.3, -0.25) is 14.4 Å². The molecule has 3 atom stereocenters. The van der Waals surface area contributed by atoms with Gasteiger partial charge in [-0.1, -0.05) is 46.2 Å². The van der Waals surface area contributed by atoms with E-state index in [1.54, 1.807) is 36.2 Å². The van der Waals surface area contributed by atoms with Gasteiger partial charge in [0.1, 0.15) is 18.7 Å². The fourth-order valence-corrected chi connectivity index (χ4v) is 4.72. The molecule has 14 heteroatoms. The van der Waals surface area contributed by atoms with Crippen molar-refractivity contribution in [3.8, 4) is 0 Å². The molecular weight excluding hydrogens is 616 g/mol. The second kappa shape index (κ2) is 22.6. The molecular formula is C34H60N8O6. The number of carbonyl (C=O) groups excluding carboxylic acids is 5. The number of ether oxygens (including phenoxy) is 1. The van der Waals surface area contributed by atoms with E-state index < -0.39 is 36.0 Å². The maximum atomic E-state index is 13.3.